The van der Waals surface area contributed by atoms with Gasteiger partial charge in [0.15, 0.2) is 0 Å². The second-order valence-corrected chi connectivity index (χ2v) is 6.95. The van der Waals surface area contributed by atoms with Gasteiger partial charge < -0.3 is 14.2 Å². The van der Waals surface area contributed by atoms with Crippen LogP contribution >= 0.6 is 25.3 Å². The van der Waals surface area contributed by atoms with Crippen molar-refractivity contribution in [3.63, 3.8) is 0 Å². The zero-order chi connectivity index (χ0) is 19.4. The van der Waals surface area contributed by atoms with E-state index < -0.39 is 6.09 Å². The van der Waals surface area contributed by atoms with E-state index in [-0.39, 0.29) is 12.7 Å². The SMILES string of the molecule is COC[C@H]1CN(c2cc(S)c(OCc3cccc(C#N)c3)c(S)c2)C(=O)O1. The molecule has 1 saturated heterocycles. The third-order valence-electron chi connectivity index (χ3n) is 4.01. The Hall–Kier alpha value is -2.34. The van der Waals surface area contributed by atoms with Crippen molar-refractivity contribution < 1.29 is 19.0 Å². The van der Waals surface area contributed by atoms with Gasteiger partial charge in [0.1, 0.15) is 18.5 Å². The van der Waals surface area contributed by atoms with E-state index in [2.05, 4.69) is 31.3 Å². The highest BCUT2D eigenvalue weighted by Crippen LogP contribution is 2.36. The summed E-state index contributed by atoms with van der Waals surface area (Å²) in [5.41, 5.74) is 2.07. The molecule has 1 aliphatic rings. The number of amides is 1. The lowest BCUT2D eigenvalue weighted by Crippen LogP contribution is -2.25. The van der Waals surface area contributed by atoms with Crippen LogP contribution in [-0.2, 0) is 16.1 Å². The first-order valence-corrected chi connectivity index (χ1v) is 9.06. The Morgan fingerprint density at radius 1 is 1.30 bits per heavy atom. The molecule has 0 bridgehead atoms. The molecule has 8 heteroatoms. The van der Waals surface area contributed by atoms with Gasteiger partial charge in [-0.1, -0.05) is 12.1 Å². The third kappa shape index (κ3) is 4.50. The van der Waals surface area contributed by atoms with E-state index in [0.29, 0.717) is 39.9 Å². The molecule has 0 unspecified atom stereocenters. The molecule has 2 aromatic rings. The average Bonchev–Trinajstić information content (AvgIpc) is 3.01. The number of rotatable bonds is 6. The zero-order valence-electron chi connectivity index (χ0n) is 14.6. The van der Waals surface area contributed by atoms with E-state index in [0.717, 1.165) is 5.56 Å². The number of ether oxygens (including phenoxy) is 3. The minimum absolute atomic E-state index is 0.275. The first kappa shape index (κ1) is 19.4. The van der Waals surface area contributed by atoms with Crippen molar-refractivity contribution in [1.82, 2.24) is 0 Å². The first-order valence-electron chi connectivity index (χ1n) is 8.16. The second-order valence-electron chi connectivity index (χ2n) is 5.99. The number of anilines is 1. The molecule has 140 valence electrons. The maximum Gasteiger partial charge on any atom is 0.414 e. The number of carbonyl (C=O) groups is 1. The van der Waals surface area contributed by atoms with Gasteiger partial charge >= 0.3 is 6.09 Å². The van der Waals surface area contributed by atoms with Gasteiger partial charge in [-0.05, 0) is 29.8 Å². The standard InChI is InChI=1S/C19H18N2O4S2/c1-23-11-15-9-21(19(22)25-15)14-6-16(26)18(17(27)7-14)24-10-13-4-2-3-12(5-13)8-20/h2-7,15,26-27H,9-11H2,1H3/t15-/m1/s1. The molecule has 2 aromatic carbocycles. The minimum Gasteiger partial charge on any atom is -0.487 e. The van der Waals surface area contributed by atoms with Gasteiger partial charge in [0.05, 0.1) is 24.8 Å². The Kier molecular flexibility index (Phi) is 6.16. The second kappa shape index (κ2) is 8.57. The van der Waals surface area contributed by atoms with Crippen LogP contribution in [-0.4, -0.2) is 32.5 Å². The van der Waals surface area contributed by atoms with Crippen LogP contribution in [0.25, 0.3) is 0 Å². The molecule has 1 aliphatic heterocycles. The number of thiol groups is 2. The largest absolute Gasteiger partial charge is 0.487 e. The van der Waals surface area contributed by atoms with Crippen LogP contribution in [0.2, 0.25) is 0 Å². The van der Waals surface area contributed by atoms with E-state index in [9.17, 15) is 4.79 Å². The summed E-state index contributed by atoms with van der Waals surface area (Å²) in [7, 11) is 1.56. The number of nitriles is 1. The van der Waals surface area contributed by atoms with Gasteiger partial charge in [-0.25, -0.2) is 4.79 Å². The monoisotopic (exact) mass is 402 g/mol. The van der Waals surface area contributed by atoms with Crippen LogP contribution in [0.15, 0.2) is 46.2 Å². The number of hydrogen-bond donors (Lipinski definition) is 2. The fraction of sp³-hybridized carbons (Fsp3) is 0.263. The summed E-state index contributed by atoms with van der Waals surface area (Å²) in [4.78, 5) is 14.7. The lowest BCUT2D eigenvalue weighted by Gasteiger charge is -2.17. The summed E-state index contributed by atoms with van der Waals surface area (Å²) in [6.07, 6.45) is -0.739. The van der Waals surface area contributed by atoms with Crippen molar-refractivity contribution in [3.05, 3.63) is 47.5 Å². The lowest BCUT2D eigenvalue weighted by molar-refractivity contribution is 0.0718. The van der Waals surface area contributed by atoms with Crippen molar-refractivity contribution in [2.24, 2.45) is 0 Å². The molecule has 0 aromatic heterocycles. The van der Waals surface area contributed by atoms with Crippen molar-refractivity contribution in [2.75, 3.05) is 25.2 Å². The minimum atomic E-state index is -0.431. The Morgan fingerprint density at radius 2 is 2.04 bits per heavy atom. The van der Waals surface area contributed by atoms with Gasteiger partial charge in [0, 0.05) is 22.6 Å². The normalized spacial score (nSPS) is 16.1. The Balaban J connectivity index is 1.75. The highest BCUT2D eigenvalue weighted by Gasteiger charge is 2.32. The first-order chi connectivity index (χ1) is 13.0. The number of hydrogen-bond acceptors (Lipinski definition) is 7. The average molecular weight is 402 g/mol. The van der Waals surface area contributed by atoms with E-state index in [1.807, 2.05) is 6.07 Å². The maximum absolute atomic E-state index is 12.1. The molecule has 0 aliphatic carbocycles. The van der Waals surface area contributed by atoms with Crippen molar-refractivity contribution in [3.8, 4) is 11.8 Å². The molecule has 1 fully saturated rings. The molecule has 1 atom stereocenters. The van der Waals surface area contributed by atoms with Crippen molar-refractivity contribution >= 4 is 37.0 Å². The van der Waals surface area contributed by atoms with E-state index in [1.54, 1.807) is 37.4 Å². The third-order valence-corrected chi connectivity index (χ3v) is 4.68. The van der Waals surface area contributed by atoms with Gasteiger partial charge in [-0.15, -0.1) is 25.3 Å². The summed E-state index contributed by atoms with van der Waals surface area (Å²) in [5, 5.41) is 8.98. The summed E-state index contributed by atoms with van der Waals surface area (Å²) >= 11 is 8.96. The molecular weight excluding hydrogens is 384 g/mol. The molecule has 6 nitrogen and oxygen atoms in total. The number of methoxy groups -OCH3 is 1. The molecule has 27 heavy (non-hydrogen) atoms. The predicted molar refractivity (Wildman–Crippen MR) is 106 cm³/mol. The van der Waals surface area contributed by atoms with Crippen LogP contribution in [0.1, 0.15) is 11.1 Å². The molecule has 0 spiro atoms. The fourth-order valence-corrected chi connectivity index (χ4v) is 3.50. The predicted octanol–water partition coefficient (Wildman–Crippen LogP) is 3.69. The number of nitrogens with zero attached hydrogens (tertiary/aromatic N) is 2. The van der Waals surface area contributed by atoms with Crippen molar-refractivity contribution in [1.29, 1.82) is 5.26 Å². The van der Waals surface area contributed by atoms with Gasteiger partial charge in [0.2, 0.25) is 0 Å². The summed E-state index contributed by atoms with van der Waals surface area (Å²) in [6.45, 7) is 1.01. The molecule has 1 amide bonds. The molecule has 0 N–H and O–H groups in total. The van der Waals surface area contributed by atoms with Gasteiger partial charge in [0.25, 0.3) is 0 Å². The van der Waals surface area contributed by atoms with Crippen LogP contribution in [0.4, 0.5) is 10.5 Å². The zero-order valence-corrected chi connectivity index (χ0v) is 16.4. The molecule has 0 saturated carbocycles. The van der Waals surface area contributed by atoms with Crippen LogP contribution in [0.5, 0.6) is 5.75 Å². The lowest BCUT2D eigenvalue weighted by atomic mass is 10.1. The Morgan fingerprint density at radius 3 is 2.70 bits per heavy atom. The Bertz CT molecular complexity index is 875. The van der Waals surface area contributed by atoms with E-state index in [4.69, 9.17) is 19.5 Å². The smallest absolute Gasteiger partial charge is 0.414 e. The van der Waals surface area contributed by atoms with Gasteiger partial charge in [-0.2, -0.15) is 5.26 Å². The topological polar surface area (TPSA) is 71.8 Å². The fourth-order valence-electron chi connectivity index (χ4n) is 2.78. The van der Waals surface area contributed by atoms with Crippen LogP contribution < -0.4 is 9.64 Å². The summed E-state index contributed by atoms with van der Waals surface area (Å²) in [6, 6.07) is 12.8. The van der Waals surface area contributed by atoms with Crippen LogP contribution in [0, 0.1) is 11.3 Å². The summed E-state index contributed by atoms with van der Waals surface area (Å²) in [5.74, 6) is 0.508. The van der Waals surface area contributed by atoms with Crippen LogP contribution in [0.3, 0.4) is 0 Å². The number of cyclic esters (lactones) is 1. The van der Waals surface area contributed by atoms with E-state index in [1.165, 1.54) is 4.90 Å². The molecule has 0 radical (unpaired) electrons. The number of benzene rings is 2. The van der Waals surface area contributed by atoms with Crippen molar-refractivity contribution in [2.45, 2.75) is 22.5 Å². The summed E-state index contributed by atoms with van der Waals surface area (Å²) < 4.78 is 16.1. The highest BCUT2D eigenvalue weighted by molar-refractivity contribution is 7.81. The number of carbonyl (C=O) groups excluding carboxylic acids is 1. The highest BCUT2D eigenvalue weighted by atomic mass is 32.1. The molecule has 1 heterocycles. The van der Waals surface area contributed by atoms with E-state index >= 15 is 0 Å². The molecule has 3 rings (SSSR count). The maximum atomic E-state index is 12.1. The quantitative estimate of drug-likeness (QED) is 0.721. The Labute approximate surface area is 168 Å². The van der Waals surface area contributed by atoms with Gasteiger partial charge in [-0.3, -0.25) is 4.90 Å². The molecular formula is C19H18N2O4S2.